The quantitative estimate of drug-likeness (QED) is 0.668. The summed E-state index contributed by atoms with van der Waals surface area (Å²) in [4.78, 5) is 45.6. The lowest BCUT2D eigenvalue weighted by molar-refractivity contribution is -0.134. The molecule has 1 aliphatic heterocycles. The van der Waals surface area contributed by atoms with Crippen molar-refractivity contribution in [3.8, 4) is 0 Å². The van der Waals surface area contributed by atoms with E-state index in [0.29, 0.717) is 0 Å². The second-order valence-electron chi connectivity index (χ2n) is 4.33. The molecule has 0 spiro atoms. The van der Waals surface area contributed by atoms with Crippen LogP contribution in [0.1, 0.15) is 33.6 Å². The number of carboxylic acid groups (broad SMARTS) is 1. The molecule has 0 aliphatic carbocycles. The Kier molecular flexibility index (Phi) is 3.79. The number of hydrogen-bond donors (Lipinski definition) is 3. The lowest BCUT2D eigenvalue weighted by atomic mass is 10.0. The predicted molar refractivity (Wildman–Crippen MR) is 67.0 cm³/mol. The molecule has 1 aromatic carbocycles. The largest absolute Gasteiger partial charge is 0.478 e. The average Bonchev–Trinajstić information content (AvgIpc) is 2.41. The number of nitrogens with one attached hydrogen (secondary N) is 2. The van der Waals surface area contributed by atoms with Gasteiger partial charge in [0.25, 0.3) is 5.91 Å². The Morgan fingerprint density at radius 1 is 1.20 bits per heavy atom. The van der Waals surface area contributed by atoms with E-state index in [1.807, 2.05) is 0 Å². The number of hydrogen-bond acceptors (Lipinski definition) is 4. The van der Waals surface area contributed by atoms with Crippen molar-refractivity contribution in [2.75, 3.05) is 0 Å². The minimum Gasteiger partial charge on any atom is -0.478 e. The van der Waals surface area contributed by atoms with Gasteiger partial charge in [-0.05, 0) is 18.6 Å². The average molecular weight is 276 g/mol. The summed E-state index contributed by atoms with van der Waals surface area (Å²) in [5.74, 6) is -2.84. The Hall–Kier alpha value is -2.70. The highest BCUT2D eigenvalue weighted by Crippen LogP contribution is 2.11. The molecule has 7 heteroatoms. The van der Waals surface area contributed by atoms with Gasteiger partial charge < -0.3 is 10.4 Å². The van der Waals surface area contributed by atoms with E-state index < -0.39 is 23.8 Å². The zero-order valence-corrected chi connectivity index (χ0v) is 10.4. The molecule has 1 aromatic rings. The molecule has 0 aromatic heterocycles. The Balaban J connectivity index is 2.15. The molecule has 3 amide bonds. The van der Waals surface area contributed by atoms with Gasteiger partial charge in [-0.1, -0.05) is 12.1 Å². The monoisotopic (exact) mass is 276 g/mol. The molecule has 0 unspecified atom stereocenters. The van der Waals surface area contributed by atoms with Gasteiger partial charge >= 0.3 is 5.97 Å². The Labute approximate surface area is 114 Å². The fourth-order valence-corrected chi connectivity index (χ4v) is 1.93. The number of amides is 3. The zero-order chi connectivity index (χ0) is 14.7. The van der Waals surface area contributed by atoms with Gasteiger partial charge in [0.05, 0.1) is 11.1 Å². The van der Waals surface area contributed by atoms with Gasteiger partial charge in [0.15, 0.2) is 0 Å². The van der Waals surface area contributed by atoms with E-state index in [4.69, 9.17) is 5.11 Å². The Morgan fingerprint density at radius 3 is 2.45 bits per heavy atom. The molecule has 1 saturated heterocycles. The molecule has 0 saturated carbocycles. The first-order valence-corrected chi connectivity index (χ1v) is 5.96. The van der Waals surface area contributed by atoms with Crippen LogP contribution in [0.15, 0.2) is 24.3 Å². The second-order valence-corrected chi connectivity index (χ2v) is 4.33. The van der Waals surface area contributed by atoms with Crippen LogP contribution in [0.25, 0.3) is 0 Å². The number of carboxylic acids is 1. The van der Waals surface area contributed by atoms with Crippen LogP contribution in [0, 0.1) is 0 Å². The normalized spacial score (nSPS) is 18.3. The number of carbonyl (C=O) groups is 4. The first-order valence-electron chi connectivity index (χ1n) is 5.96. The molecule has 1 aliphatic rings. The third-order valence-corrected chi connectivity index (χ3v) is 2.95. The van der Waals surface area contributed by atoms with Crippen LogP contribution in [-0.2, 0) is 9.59 Å². The van der Waals surface area contributed by atoms with E-state index in [2.05, 4.69) is 10.6 Å². The maximum atomic E-state index is 12.0. The highest BCUT2D eigenvalue weighted by molar-refractivity contribution is 6.07. The van der Waals surface area contributed by atoms with Crippen LogP contribution < -0.4 is 10.6 Å². The summed E-state index contributed by atoms with van der Waals surface area (Å²) >= 11 is 0. The highest BCUT2D eigenvalue weighted by Gasteiger charge is 2.29. The van der Waals surface area contributed by atoms with Crippen molar-refractivity contribution < 1.29 is 24.3 Å². The van der Waals surface area contributed by atoms with Gasteiger partial charge in [0, 0.05) is 6.42 Å². The van der Waals surface area contributed by atoms with Crippen molar-refractivity contribution in [2.45, 2.75) is 18.9 Å². The van der Waals surface area contributed by atoms with E-state index in [9.17, 15) is 19.2 Å². The van der Waals surface area contributed by atoms with E-state index in [0.717, 1.165) is 0 Å². The summed E-state index contributed by atoms with van der Waals surface area (Å²) in [6, 6.07) is 4.88. The summed E-state index contributed by atoms with van der Waals surface area (Å²) in [5, 5.41) is 13.6. The van der Waals surface area contributed by atoms with E-state index in [-0.39, 0.29) is 29.9 Å². The smallest absolute Gasteiger partial charge is 0.336 e. The van der Waals surface area contributed by atoms with Gasteiger partial charge in [-0.2, -0.15) is 0 Å². The summed E-state index contributed by atoms with van der Waals surface area (Å²) in [6.07, 6.45) is 0.336. The number of aromatic carboxylic acids is 1. The lowest BCUT2D eigenvalue weighted by Gasteiger charge is -2.22. The van der Waals surface area contributed by atoms with E-state index >= 15 is 0 Å². The maximum Gasteiger partial charge on any atom is 0.336 e. The van der Waals surface area contributed by atoms with Gasteiger partial charge in [0.2, 0.25) is 11.8 Å². The van der Waals surface area contributed by atoms with Crippen molar-refractivity contribution in [3.05, 3.63) is 35.4 Å². The zero-order valence-electron chi connectivity index (χ0n) is 10.4. The highest BCUT2D eigenvalue weighted by atomic mass is 16.4. The Bertz CT molecular complexity index is 596. The fraction of sp³-hybridized carbons (Fsp3) is 0.231. The molecule has 1 heterocycles. The van der Waals surface area contributed by atoms with Crippen molar-refractivity contribution in [1.82, 2.24) is 10.6 Å². The molecule has 20 heavy (non-hydrogen) atoms. The second kappa shape index (κ2) is 5.52. The first-order chi connectivity index (χ1) is 9.49. The van der Waals surface area contributed by atoms with Crippen molar-refractivity contribution >= 4 is 23.7 Å². The van der Waals surface area contributed by atoms with Crippen LogP contribution in [0.3, 0.4) is 0 Å². The summed E-state index contributed by atoms with van der Waals surface area (Å²) in [5.41, 5.74) is -0.165. The molecule has 0 radical (unpaired) electrons. The number of benzene rings is 1. The minimum absolute atomic E-state index is 0.0234. The van der Waals surface area contributed by atoms with Gasteiger partial charge in [-0.15, -0.1) is 0 Å². The summed E-state index contributed by atoms with van der Waals surface area (Å²) in [6.45, 7) is 0. The summed E-state index contributed by atoms with van der Waals surface area (Å²) < 4.78 is 0. The predicted octanol–water partition coefficient (Wildman–Crippen LogP) is -0.0802. The lowest BCUT2D eigenvalue weighted by Crippen LogP contribution is -2.52. The molecule has 1 atom stereocenters. The van der Waals surface area contributed by atoms with Crippen LogP contribution in [0.5, 0.6) is 0 Å². The van der Waals surface area contributed by atoms with Crippen molar-refractivity contribution in [3.63, 3.8) is 0 Å². The topological polar surface area (TPSA) is 113 Å². The molecule has 2 rings (SSSR count). The SMILES string of the molecule is O=C1CC[C@H](NC(=O)c2ccccc2C(=O)O)C(=O)N1. The van der Waals surface area contributed by atoms with Crippen molar-refractivity contribution in [2.24, 2.45) is 0 Å². The van der Waals surface area contributed by atoms with Crippen LogP contribution >= 0.6 is 0 Å². The first kappa shape index (κ1) is 13.7. The van der Waals surface area contributed by atoms with Crippen LogP contribution in [-0.4, -0.2) is 34.8 Å². The Morgan fingerprint density at radius 2 is 1.85 bits per heavy atom. The van der Waals surface area contributed by atoms with Gasteiger partial charge in [0.1, 0.15) is 6.04 Å². The third-order valence-electron chi connectivity index (χ3n) is 2.95. The molecule has 0 bridgehead atoms. The van der Waals surface area contributed by atoms with Crippen LogP contribution in [0.4, 0.5) is 0 Å². The number of imide groups is 1. The molecule has 1 fully saturated rings. The number of piperidine rings is 1. The molecule has 7 nitrogen and oxygen atoms in total. The standard InChI is InChI=1S/C13H12N2O5/c16-10-6-5-9(12(18)15-10)14-11(17)7-3-1-2-4-8(7)13(19)20/h1-4,9H,5-6H2,(H,14,17)(H,19,20)(H,15,16,18)/t9-/m0/s1. The number of carbonyl (C=O) groups excluding carboxylic acids is 3. The molecule has 104 valence electrons. The summed E-state index contributed by atoms with van der Waals surface area (Å²) in [7, 11) is 0. The number of rotatable bonds is 3. The maximum absolute atomic E-state index is 12.0. The van der Waals surface area contributed by atoms with Gasteiger partial charge in [-0.3, -0.25) is 19.7 Å². The van der Waals surface area contributed by atoms with Crippen LogP contribution in [0.2, 0.25) is 0 Å². The molecule has 3 N–H and O–H groups in total. The fourth-order valence-electron chi connectivity index (χ4n) is 1.93. The molecular weight excluding hydrogens is 264 g/mol. The molecular formula is C13H12N2O5. The van der Waals surface area contributed by atoms with Crippen molar-refractivity contribution in [1.29, 1.82) is 0 Å². The minimum atomic E-state index is -1.22. The van der Waals surface area contributed by atoms with Gasteiger partial charge in [-0.25, -0.2) is 4.79 Å². The third kappa shape index (κ3) is 2.82. The van der Waals surface area contributed by atoms with E-state index in [1.165, 1.54) is 24.3 Å². The van der Waals surface area contributed by atoms with E-state index in [1.54, 1.807) is 0 Å².